The Morgan fingerprint density at radius 2 is 2.12 bits per heavy atom. The zero-order chi connectivity index (χ0) is 11.5. The van der Waals surface area contributed by atoms with E-state index in [1.165, 1.54) is 0 Å². The molecule has 4 heteroatoms. The van der Waals surface area contributed by atoms with Gasteiger partial charge in [0.15, 0.2) is 0 Å². The fourth-order valence-electron chi connectivity index (χ4n) is 1.64. The van der Waals surface area contributed by atoms with E-state index in [0.717, 1.165) is 5.56 Å². The van der Waals surface area contributed by atoms with Gasteiger partial charge in [0.1, 0.15) is 5.82 Å². The van der Waals surface area contributed by atoms with Crippen molar-refractivity contribution in [3.8, 4) is 0 Å². The van der Waals surface area contributed by atoms with Gasteiger partial charge in [-0.1, -0.05) is 18.2 Å². The first-order valence-corrected chi connectivity index (χ1v) is 5.16. The predicted molar refractivity (Wildman–Crippen MR) is 60.4 cm³/mol. The Bertz CT molecular complexity index is 491. The number of aryl methyl sites for hydroxylation is 1. The molecule has 0 unspecified atom stereocenters. The summed E-state index contributed by atoms with van der Waals surface area (Å²) < 4.78 is 15.6. The standard InChI is InChI=1S/C12H14FN3/c1-9-6-15-16(7-9)8-11-4-2-3-10(5-14)12(11)13/h2-4,6-7H,5,8,14H2,1H3. The fraction of sp³-hybridized carbons (Fsp3) is 0.250. The van der Waals surface area contributed by atoms with E-state index in [-0.39, 0.29) is 12.4 Å². The van der Waals surface area contributed by atoms with E-state index in [1.54, 1.807) is 23.0 Å². The second kappa shape index (κ2) is 4.45. The maximum atomic E-state index is 13.8. The van der Waals surface area contributed by atoms with E-state index < -0.39 is 0 Å². The van der Waals surface area contributed by atoms with Crippen molar-refractivity contribution in [2.75, 3.05) is 0 Å². The van der Waals surface area contributed by atoms with Crippen molar-refractivity contribution in [2.45, 2.75) is 20.0 Å². The molecule has 0 aliphatic heterocycles. The molecular weight excluding hydrogens is 205 g/mol. The van der Waals surface area contributed by atoms with Crippen LogP contribution in [-0.2, 0) is 13.1 Å². The van der Waals surface area contributed by atoms with E-state index in [0.29, 0.717) is 17.7 Å². The minimum Gasteiger partial charge on any atom is -0.326 e. The van der Waals surface area contributed by atoms with Crippen LogP contribution in [0.3, 0.4) is 0 Å². The first kappa shape index (κ1) is 10.8. The lowest BCUT2D eigenvalue weighted by atomic mass is 10.1. The second-order valence-corrected chi connectivity index (χ2v) is 3.81. The van der Waals surface area contributed by atoms with E-state index in [9.17, 15) is 4.39 Å². The van der Waals surface area contributed by atoms with Crippen LogP contribution in [0.2, 0.25) is 0 Å². The molecule has 0 amide bonds. The number of nitrogens with two attached hydrogens (primary N) is 1. The summed E-state index contributed by atoms with van der Waals surface area (Å²) in [7, 11) is 0. The summed E-state index contributed by atoms with van der Waals surface area (Å²) in [4.78, 5) is 0. The van der Waals surface area contributed by atoms with Crippen LogP contribution in [0.4, 0.5) is 4.39 Å². The number of halogens is 1. The summed E-state index contributed by atoms with van der Waals surface area (Å²) >= 11 is 0. The molecule has 0 atom stereocenters. The van der Waals surface area contributed by atoms with Crippen LogP contribution in [0, 0.1) is 12.7 Å². The van der Waals surface area contributed by atoms with Crippen molar-refractivity contribution in [3.63, 3.8) is 0 Å². The third-order valence-corrected chi connectivity index (χ3v) is 2.47. The normalized spacial score (nSPS) is 10.7. The maximum absolute atomic E-state index is 13.8. The average Bonchev–Trinajstić information content (AvgIpc) is 2.67. The first-order valence-electron chi connectivity index (χ1n) is 5.16. The Hall–Kier alpha value is -1.68. The van der Waals surface area contributed by atoms with E-state index >= 15 is 0 Å². The molecule has 0 fully saturated rings. The molecule has 0 aliphatic carbocycles. The Morgan fingerprint density at radius 3 is 2.75 bits per heavy atom. The largest absolute Gasteiger partial charge is 0.326 e. The van der Waals surface area contributed by atoms with Gasteiger partial charge in [-0.3, -0.25) is 4.68 Å². The van der Waals surface area contributed by atoms with Crippen LogP contribution >= 0.6 is 0 Å². The van der Waals surface area contributed by atoms with Gasteiger partial charge in [-0.15, -0.1) is 0 Å². The highest BCUT2D eigenvalue weighted by Gasteiger charge is 2.07. The van der Waals surface area contributed by atoms with Gasteiger partial charge in [0.2, 0.25) is 0 Å². The quantitative estimate of drug-likeness (QED) is 0.856. The molecule has 0 bridgehead atoms. The number of hydrogen-bond acceptors (Lipinski definition) is 2. The Balaban J connectivity index is 2.28. The lowest BCUT2D eigenvalue weighted by Crippen LogP contribution is -2.06. The number of nitrogens with zero attached hydrogens (tertiary/aromatic N) is 2. The van der Waals surface area contributed by atoms with Crippen LogP contribution in [0.15, 0.2) is 30.6 Å². The minimum atomic E-state index is -0.224. The molecule has 1 aromatic heterocycles. The van der Waals surface area contributed by atoms with Gasteiger partial charge in [0.05, 0.1) is 12.7 Å². The van der Waals surface area contributed by atoms with Crippen LogP contribution in [0.25, 0.3) is 0 Å². The van der Waals surface area contributed by atoms with Crippen molar-refractivity contribution in [2.24, 2.45) is 5.73 Å². The van der Waals surface area contributed by atoms with Crippen LogP contribution in [0.1, 0.15) is 16.7 Å². The van der Waals surface area contributed by atoms with Gasteiger partial charge >= 0.3 is 0 Å². The molecule has 16 heavy (non-hydrogen) atoms. The number of hydrogen-bond donors (Lipinski definition) is 1. The number of benzene rings is 1. The topological polar surface area (TPSA) is 43.8 Å². The molecular formula is C12H14FN3. The Kier molecular flexibility index (Phi) is 3.01. The molecule has 0 spiro atoms. The van der Waals surface area contributed by atoms with Crippen molar-refractivity contribution >= 4 is 0 Å². The molecule has 1 aromatic carbocycles. The van der Waals surface area contributed by atoms with Crippen molar-refractivity contribution in [1.29, 1.82) is 0 Å². The smallest absolute Gasteiger partial charge is 0.132 e. The van der Waals surface area contributed by atoms with Crippen LogP contribution in [-0.4, -0.2) is 9.78 Å². The lowest BCUT2D eigenvalue weighted by molar-refractivity contribution is 0.572. The number of aromatic nitrogens is 2. The first-order chi connectivity index (χ1) is 7.70. The number of rotatable bonds is 3. The van der Waals surface area contributed by atoms with E-state index in [1.807, 2.05) is 19.2 Å². The highest BCUT2D eigenvalue weighted by atomic mass is 19.1. The van der Waals surface area contributed by atoms with Gasteiger partial charge in [-0.25, -0.2) is 4.39 Å². The summed E-state index contributed by atoms with van der Waals surface area (Å²) in [5.41, 5.74) is 7.68. The third-order valence-electron chi connectivity index (χ3n) is 2.47. The molecule has 0 radical (unpaired) electrons. The summed E-state index contributed by atoms with van der Waals surface area (Å²) in [6.07, 6.45) is 3.64. The van der Waals surface area contributed by atoms with Gasteiger partial charge < -0.3 is 5.73 Å². The molecule has 3 nitrogen and oxygen atoms in total. The fourth-order valence-corrected chi connectivity index (χ4v) is 1.64. The van der Waals surface area contributed by atoms with E-state index in [4.69, 9.17) is 5.73 Å². The molecule has 2 N–H and O–H groups in total. The molecule has 0 saturated carbocycles. The maximum Gasteiger partial charge on any atom is 0.132 e. The molecule has 0 saturated heterocycles. The third kappa shape index (κ3) is 2.12. The summed E-state index contributed by atoms with van der Waals surface area (Å²) in [5.74, 6) is -0.224. The second-order valence-electron chi connectivity index (χ2n) is 3.81. The summed E-state index contributed by atoms with van der Waals surface area (Å²) in [5, 5.41) is 4.13. The minimum absolute atomic E-state index is 0.220. The molecule has 84 valence electrons. The van der Waals surface area contributed by atoms with Crippen molar-refractivity contribution < 1.29 is 4.39 Å². The molecule has 1 heterocycles. The zero-order valence-electron chi connectivity index (χ0n) is 9.15. The Labute approximate surface area is 93.7 Å². The molecule has 2 aromatic rings. The van der Waals surface area contributed by atoms with Gasteiger partial charge in [0, 0.05) is 23.9 Å². The van der Waals surface area contributed by atoms with Crippen molar-refractivity contribution in [3.05, 3.63) is 53.1 Å². The Morgan fingerprint density at radius 1 is 1.38 bits per heavy atom. The van der Waals surface area contributed by atoms with E-state index in [2.05, 4.69) is 5.10 Å². The predicted octanol–water partition coefficient (Wildman–Crippen LogP) is 1.84. The summed E-state index contributed by atoms with van der Waals surface area (Å²) in [6.45, 7) is 2.61. The van der Waals surface area contributed by atoms with Gasteiger partial charge in [-0.05, 0) is 12.5 Å². The molecule has 0 aliphatic rings. The van der Waals surface area contributed by atoms with Crippen molar-refractivity contribution in [1.82, 2.24) is 9.78 Å². The van der Waals surface area contributed by atoms with Crippen LogP contribution in [0.5, 0.6) is 0 Å². The lowest BCUT2D eigenvalue weighted by Gasteiger charge is -2.06. The van der Waals surface area contributed by atoms with Gasteiger partial charge in [0.25, 0.3) is 0 Å². The zero-order valence-corrected chi connectivity index (χ0v) is 9.15. The highest BCUT2D eigenvalue weighted by Crippen LogP contribution is 2.13. The SMILES string of the molecule is Cc1cnn(Cc2cccc(CN)c2F)c1. The highest BCUT2D eigenvalue weighted by molar-refractivity contribution is 5.26. The summed E-state index contributed by atoms with van der Waals surface area (Å²) in [6, 6.07) is 5.27. The molecule has 2 rings (SSSR count). The average molecular weight is 219 g/mol. The van der Waals surface area contributed by atoms with Gasteiger partial charge in [-0.2, -0.15) is 5.10 Å². The van der Waals surface area contributed by atoms with Crippen LogP contribution < -0.4 is 5.73 Å². The monoisotopic (exact) mass is 219 g/mol.